The van der Waals surface area contributed by atoms with Crippen molar-refractivity contribution in [2.75, 3.05) is 5.32 Å². The van der Waals surface area contributed by atoms with Gasteiger partial charge in [-0.2, -0.15) is 13.2 Å². The van der Waals surface area contributed by atoms with Crippen molar-refractivity contribution >= 4 is 28.5 Å². The summed E-state index contributed by atoms with van der Waals surface area (Å²) in [5, 5.41) is 2.79. The van der Waals surface area contributed by atoms with Crippen molar-refractivity contribution in [1.29, 1.82) is 0 Å². The number of anilines is 1. The third-order valence-corrected chi connectivity index (χ3v) is 4.99. The Kier molecular flexibility index (Phi) is 6.18. The second kappa shape index (κ2) is 9.22. The number of aromatic nitrogens is 1. The number of fused-ring (bicyclic) bond motifs is 1. The Bertz CT molecular complexity index is 1420. The lowest BCUT2D eigenvalue weighted by atomic mass is 10.1. The molecule has 0 bridgehead atoms. The van der Waals surface area contributed by atoms with Crippen LogP contribution in [-0.2, 0) is 15.7 Å². The van der Waals surface area contributed by atoms with E-state index < -0.39 is 35.3 Å². The van der Waals surface area contributed by atoms with Crippen molar-refractivity contribution in [3.63, 3.8) is 0 Å². The molecule has 2 N–H and O–H groups in total. The van der Waals surface area contributed by atoms with E-state index in [1.807, 2.05) is 0 Å². The van der Waals surface area contributed by atoms with Crippen LogP contribution in [0.2, 0.25) is 0 Å². The number of carbonyl (C=O) groups excluding carboxylic acids is 2. The number of nitrogens with one attached hydrogen (secondary N) is 2. The molecule has 3 aromatic carbocycles. The minimum absolute atomic E-state index is 0.0489. The standard InChI is InChI=1S/C25H17F3N2O4/c26-25(27,28)16-9-6-10-17(13-16)29-23(32)22(15-7-2-1-3-8-15)34-24(33)19-14-21(31)30-20-12-5-4-11-18(19)20/h1-14,22H,(H,29,32)(H,30,31)/t22-/m0/s1. The van der Waals surface area contributed by atoms with Gasteiger partial charge in [0.15, 0.2) is 0 Å². The van der Waals surface area contributed by atoms with Crippen molar-refractivity contribution in [3.05, 3.63) is 112 Å². The van der Waals surface area contributed by atoms with Crippen LogP contribution in [0, 0.1) is 0 Å². The molecule has 1 atom stereocenters. The zero-order valence-electron chi connectivity index (χ0n) is 17.4. The molecular weight excluding hydrogens is 449 g/mol. The number of carbonyl (C=O) groups is 2. The van der Waals surface area contributed by atoms with Crippen LogP contribution >= 0.6 is 0 Å². The number of alkyl halides is 3. The van der Waals surface area contributed by atoms with Gasteiger partial charge in [-0.25, -0.2) is 4.79 Å². The van der Waals surface area contributed by atoms with Gasteiger partial charge in [-0.15, -0.1) is 0 Å². The van der Waals surface area contributed by atoms with Crippen LogP contribution in [0.1, 0.15) is 27.6 Å². The van der Waals surface area contributed by atoms with Gasteiger partial charge >= 0.3 is 12.1 Å². The molecule has 0 fully saturated rings. The number of aromatic amines is 1. The lowest BCUT2D eigenvalue weighted by molar-refractivity contribution is -0.137. The minimum atomic E-state index is -4.59. The minimum Gasteiger partial charge on any atom is -0.444 e. The van der Waals surface area contributed by atoms with E-state index in [1.165, 1.54) is 6.07 Å². The van der Waals surface area contributed by atoms with Crippen molar-refractivity contribution in [2.45, 2.75) is 12.3 Å². The van der Waals surface area contributed by atoms with Gasteiger partial charge in [0.2, 0.25) is 11.7 Å². The molecule has 0 radical (unpaired) electrons. The zero-order valence-corrected chi connectivity index (χ0v) is 17.4. The van der Waals surface area contributed by atoms with Crippen LogP contribution in [0.25, 0.3) is 10.9 Å². The molecule has 1 heterocycles. The molecule has 0 aliphatic rings. The second-order valence-electron chi connectivity index (χ2n) is 7.36. The summed E-state index contributed by atoms with van der Waals surface area (Å²) in [5.41, 5.74) is -0.921. The summed E-state index contributed by atoms with van der Waals surface area (Å²) >= 11 is 0. The molecule has 4 aromatic rings. The van der Waals surface area contributed by atoms with Crippen LogP contribution < -0.4 is 10.9 Å². The van der Waals surface area contributed by atoms with Crippen molar-refractivity contribution < 1.29 is 27.5 Å². The molecule has 0 aliphatic heterocycles. The van der Waals surface area contributed by atoms with Crippen LogP contribution in [0.5, 0.6) is 0 Å². The van der Waals surface area contributed by atoms with Crippen molar-refractivity contribution in [2.24, 2.45) is 0 Å². The van der Waals surface area contributed by atoms with E-state index in [0.717, 1.165) is 24.3 Å². The summed E-state index contributed by atoms with van der Waals surface area (Å²) in [5.74, 6) is -1.79. The number of hydrogen-bond donors (Lipinski definition) is 2. The fraction of sp³-hybridized carbons (Fsp3) is 0.0800. The topological polar surface area (TPSA) is 88.3 Å². The Morgan fingerprint density at radius 1 is 0.882 bits per heavy atom. The van der Waals surface area contributed by atoms with Crippen molar-refractivity contribution in [1.82, 2.24) is 4.98 Å². The molecular formula is C25H17F3N2O4. The number of esters is 1. The smallest absolute Gasteiger partial charge is 0.416 e. The van der Waals surface area contributed by atoms with E-state index in [0.29, 0.717) is 16.5 Å². The largest absolute Gasteiger partial charge is 0.444 e. The summed E-state index contributed by atoms with van der Waals surface area (Å²) in [6, 6.07) is 19.8. The highest BCUT2D eigenvalue weighted by atomic mass is 19.4. The van der Waals surface area contributed by atoms with Gasteiger partial charge in [0.25, 0.3) is 5.91 Å². The molecule has 1 amide bonds. The Balaban J connectivity index is 1.66. The predicted molar refractivity (Wildman–Crippen MR) is 119 cm³/mol. The number of hydrogen-bond acceptors (Lipinski definition) is 4. The van der Waals surface area contributed by atoms with E-state index in [-0.39, 0.29) is 11.3 Å². The van der Waals surface area contributed by atoms with Gasteiger partial charge in [0.1, 0.15) is 0 Å². The van der Waals surface area contributed by atoms with E-state index in [2.05, 4.69) is 10.3 Å². The fourth-order valence-electron chi connectivity index (χ4n) is 3.43. The highest BCUT2D eigenvalue weighted by molar-refractivity contribution is 6.05. The summed E-state index contributed by atoms with van der Waals surface area (Å²) in [7, 11) is 0. The Hall–Kier alpha value is -4.40. The molecule has 0 saturated carbocycles. The molecule has 0 spiro atoms. The van der Waals surface area contributed by atoms with E-state index >= 15 is 0 Å². The molecule has 172 valence electrons. The SMILES string of the molecule is O=C(O[C@H](C(=O)Nc1cccc(C(F)(F)F)c1)c1ccccc1)c1cc(=O)[nH]c2ccccc12. The predicted octanol–water partition coefficient (Wildman–Crippen LogP) is 5.08. The molecule has 0 unspecified atom stereocenters. The maximum absolute atomic E-state index is 13.0. The number of ether oxygens (including phenoxy) is 1. The van der Waals surface area contributed by atoms with Crippen LogP contribution in [0.4, 0.5) is 18.9 Å². The monoisotopic (exact) mass is 466 g/mol. The quantitative estimate of drug-likeness (QED) is 0.402. The summed E-state index contributed by atoms with van der Waals surface area (Å²) < 4.78 is 44.6. The maximum Gasteiger partial charge on any atom is 0.416 e. The lowest BCUT2D eigenvalue weighted by Crippen LogP contribution is -2.26. The van der Waals surface area contributed by atoms with Crippen LogP contribution in [0.3, 0.4) is 0 Å². The molecule has 0 saturated heterocycles. The number of amides is 1. The van der Waals surface area contributed by atoms with E-state index in [4.69, 9.17) is 4.74 Å². The number of rotatable bonds is 5. The van der Waals surface area contributed by atoms with E-state index in [9.17, 15) is 27.6 Å². The third kappa shape index (κ3) is 4.98. The van der Waals surface area contributed by atoms with E-state index in [1.54, 1.807) is 54.6 Å². The molecule has 1 aromatic heterocycles. The number of halogens is 3. The van der Waals surface area contributed by atoms with Crippen molar-refractivity contribution in [3.8, 4) is 0 Å². The molecule has 4 rings (SSSR count). The maximum atomic E-state index is 13.0. The second-order valence-corrected chi connectivity index (χ2v) is 7.36. The summed E-state index contributed by atoms with van der Waals surface area (Å²) in [6.45, 7) is 0. The first-order valence-corrected chi connectivity index (χ1v) is 10.1. The average Bonchev–Trinajstić information content (AvgIpc) is 2.82. The van der Waals surface area contributed by atoms with Gasteiger partial charge in [-0.05, 0) is 24.3 Å². The average molecular weight is 466 g/mol. The highest BCUT2D eigenvalue weighted by Crippen LogP contribution is 2.31. The van der Waals surface area contributed by atoms with Gasteiger partial charge in [0, 0.05) is 28.2 Å². The molecule has 9 heteroatoms. The molecule has 34 heavy (non-hydrogen) atoms. The zero-order chi connectivity index (χ0) is 24.3. The Labute approximate surface area is 191 Å². The number of para-hydroxylation sites is 1. The summed E-state index contributed by atoms with van der Waals surface area (Å²) in [4.78, 5) is 40.7. The van der Waals surface area contributed by atoms with Crippen LogP contribution in [0.15, 0.2) is 89.7 Å². The number of H-pyrrole nitrogens is 1. The van der Waals surface area contributed by atoms with Gasteiger partial charge in [-0.1, -0.05) is 54.6 Å². The highest BCUT2D eigenvalue weighted by Gasteiger charge is 2.31. The third-order valence-electron chi connectivity index (χ3n) is 4.99. The lowest BCUT2D eigenvalue weighted by Gasteiger charge is -2.19. The first-order chi connectivity index (χ1) is 16.2. The summed E-state index contributed by atoms with van der Waals surface area (Å²) in [6.07, 6.45) is -6.07. The number of benzene rings is 3. The van der Waals surface area contributed by atoms with Gasteiger partial charge in [-0.3, -0.25) is 9.59 Å². The molecule has 0 aliphatic carbocycles. The Morgan fingerprint density at radius 2 is 1.59 bits per heavy atom. The first kappa shape index (κ1) is 22.8. The fourth-order valence-corrected chi connectivity index (χ4v) is 3.43. The molecule has 6 nitrogen and oxygen atoms in total. The first-order valence-electron chi connectivity index (χ1n) is 10.1. The normalized spacial score (nSPS) is 12.2. The van der Waals surface area contributed by atoms with Crippen LogP contribution in [-0.4, -0.2) is 16.9 Å². The van der Waals surface area contributed by atoms with Gasteiger partial charge < -0.3 is 15.0 Å². The van der Waals surface area contributed by atoms with Gasteiger partial charge in [0.05, 0.1) is 11.1 Å². The Morgan fingerprint density at radius 3 is 2.32 bits per heavy atom. The number of pyridine rings is 1.